The zero-order chi connectivity index (χ0) is 18.3. The summed E-state index contributed by atoms with van der Waals surface area (Å²) in [4.78, 5) is 11.3. The molecule has 1 aromatic heterocycles. The van der Waals surface area contributed by atoms with Crippen molar-refractivity contribution in [2.45, 2.75) is 10.1 Å². The second-order valence-electron chi connectivity index (χ2n) is 5.27. The third-order valence-electron chi connectivity index (χ3n) is 3.66. The quantitative estimate of drug-likeness (QED) is 0.493. The fraction of sp³-hybridized carbons (Fsp3) is 0. The molecule has 130 valence electrons. The Morgan fingerprint density at radius 2 is 1.69 bits per heavy atom. The highest BCUT2D eigenvalue weighted by Crippen LogP contribution is 2.43. The largest absolute Gasteiger partial charge is 0.411 e. The highest BCUT2D eigenvalue weighted by Gasteiger charge is 2.28. The Bertz CT molecular complexity index is 1170. The maximum absolute atomic E-state index is 12.2. The lowest BCUT2D eigenvalue weighted by Gasteiger charge is -2.00. The van der Waals surface area contributed by atoms with Gasteiger partial charge in [-0.2, -0.15) is 0 Å². The number of aromatic nitrogens is 2. The molecule has 8 nitrogen and oxygen atoms in total. The van der Waals surface area contributed by atoms with Crippen LogP contribution in [0.15, 0.2) is 68.5 Å². The molecule has 0 radical (unpaired) electrons. The summed E-state index contributed by atoms with van der Waals surface area (Å²) < 4.78 is 29.8. The van der Waals surface area contributed by atoms with Gasteiger partial charge in [-0.3, -0.25) is 10.1 Å². The first-order valence-electron chi connectivity index (χ1n) is 7.27. The van der Waals surface area contributed by atoms with E-state index in [0.29, 0.717) is 10.5 Å². The van der Waals surface area contributed by atoms with Gasteiger partial charge in [-0.15, -0.1) is 10.2 Å². The van der Waals surface area contributed by atoms with Crippen LogP contribution in [0.1, 0.15) is 5.56 Å². The van der Waals surface area contributed by atoms with E-state index in [-0.39, 0.29) is 27.3 Å². The number of hydrogen-bond acceptors (Lipinski definition) is 8. The normalized spacial score (nSPS) is 14.7. The van der Waals surface area contributed by atoms with Crippen molar-refractivity contribution >= 4 is 32.2 Å². The Morgan fingerprint density at radius 1 is 1.00 bits per heavy atom. The Kier molecular flexibility index (Phi) is 3.85. The van der Waals surface area contributed by atoms with Crippen molar-refractivity contribution in [2.75, 3.05) is 0 Å². The molecule has 0 saturated heterocycles. The van der Waals surface area contributed by atoms with Gasteiger partial charge in [0.1, 0.15) is 5.56 Å². The van der Waals surface area contributed by atoms with E-state index in [4.69, 9.17) is 4.42 Å². The maximum atomic E-state index is 12.2. The number of benzene rings is 2. The third-order valence-corrected chi connectivity index (χ3v) is 6.22. The first-order chi connectivity index (χ1) is 12.5. The molecule has 0 aliphatic carbocycles. The van der Waals surface area contributed by atoms with E-state index in [1.54, 1.807) is 30.3 Å². The molecule has 1 aliphatic rings. The number of hydrogen-bond donors (Lipinski definition) is 0. The smallest absolute Gasteiger partial charge is 0.282 e. The number of nitro groups is 1. The third kappa shape index (κ3) is 2.78. The summed E-state index contributed by atoms with van der Waals surface area (Å²) in [7, 11) is -3.50. The fourth-order valence-electron chi connectivity index (χ4n) is 2.53. The van der Waals surface area contributed by atoms with Gasteiger partial charge in [-0.05, 0) is 23.9 Å². The zero-order valence-electron chi connectivity index (χ0n) is 12.9. The average Bonchev–Trinajstić information content (AvgIpc) is 3.18. The van der Waals surface area contributed by atoms with Crippen molar-refractivity contribution in [3.05, 3.63) is 69.6 Å². The Balaban J connectivity index is 1.68. The van der Waals surface area contributed by atoms with E-state index in [2.05, 4.69) is 10.2 Å². The van der Waals surface area contributed by atoms with Crippen LogP contribution in [-0.4, -0.2) is 23.5 Å². The van der Waals surface area contributed by atoms with Crippen LogP contribution in [0.5, 0.6) is 0 Å². The van der Waals surface area contributed by atoms with E-state index < -0.39 is 14.8 Å². The molecule has 26 heavy (non-hydrogen) atoms. The minimum atomic E-state index is -3.50. The molecule has 1 aliphatic heterocycles. The van der Waals surface area contributed by atoms with Gasteiger partial charge in [-0.1, -0.05) is 30.3 Å². The lowest BCUT2D eigenvalue weighted by molar-refractivity contribution is -0.384. The summed E-state index contributed by atoms with van der Waals surface area (Å²) in [5, 5.41) is 20.1. The fourth-order valence-corrected chi connectivity index (χ4v) is 5.14. The zero-order valence-corrected chi connectivity index (χ0v) is 14.5. The summed E-state index contributed by atoms with van der Waals surface area (Å²) in [6, 6.07) is 12.6. The molecule has 10 heteroatoms. The van der Waals surface area contributed by atoms with Crippen LogP contribution in [0.3, 0.4) is 0 Å². The van der Waals surface area contributed by atoms with E-state index in [0.717, 1.165) is 17.2 Å². The average molecular weight is 387 g/mol. The molecule has 0 N–H and O–H groups in total. The first kappa shape index (κ1) is 16.5. The summed E-state index contributed by atoms with van der Waals surface area (Å²) >= 11 is 0.998. The van der Waals surface area contributed by atoms with E-state index >= 15 is 0 Å². The van der Waals surface area contributed by atoms with Gasteiger partial charge in [0, 0.05) is 16.5 Å². The van der Waals surface area contributed by atoms with Crippen LogP contribution in [0.25, 0.3) is 16.4 Å². The lowest BCUT2D eigenvalue weighted by atomic mass is 10.2. The first-order valence-corrected chi connectivity index (χ1v) is 9.63. The van der Waals surface area contributed by atoms with Gasteiger partial charge in [0.25, 0.3) is 16.8 Å². The molecule has 0 atom stereocenters. The van der Waals surface area contributed by atoms with Crippen LogP contribution in [0, 0.1) is 10.1 Å². The van der Waals surface area contributed by atoms with Crippen molar-refractivity contribution in [3.63, 3.8) is 0 Å². The molecule has 3 aromatic rings. The minimum Gasteiger partial charge on any atom is -0.411 e. The standard InChI is InChI=1S/C16H9N3O5S2/c20-19(21)12-7-3-1-5-10(12)15-17-18-16(24-15)25-13-9-26(22,23)14-8-4-2-6-11(13)14/h1-9H. The molecular formula is C16H9N3O5S2. The SMILES string of the molecule is O=[N+]([O-])c1ccccc1-c1nnc(SC2=CS(=O)(=O)c3ccccc32)o1. The number of nitrogens with zero attached hydrogens (tertiary/aromatic N) is 3. The number of thioether (sulfide) groups is 1. The van der Waals surface area contributed by atoms with Crippen LogP contribution in [0.4, 0.5) is 5.69 Å². The number of sulfone groups is 1. The number of para-hydroxylation sites is 1. The van der Waals surface area contributed by atoms with Gasteiger partial charge in [0.05, 0.1) is 15.2 Å². The van der Waals surface area contributed by atoms with E-state index in [9.17, 15) is 18.5 Å². The molecule has 0 saturated carbocycles. The van der Waals surface area contributed by atoms with Gasteiger partial charge < -0.3 is 4.42 Å². The molecule has 0 fully saturated rings. The molecule has 2 heterocycles. The number of rotatable bonds is 4. The summed E-state index contributed by atoms with van der Waals surface area (Å²) in [6.45, 7) is 0. The van der Waals surface area contributed by atoms with E-state index in [1.165, 1.54) is 18.2 Å². The summed E-state index contributed by atoms with van der Waals surface area (Å²) in [6.07, 6.45) is 0. The predicted molar refractivity (Wildman–Crippen MR) is 93.9 cm³/mol. The second kappa shape index (κ2) is 6.07. The molecule has 0 spiro atoms. The van der Waals surface area contributed by atoms with Gasteiger partial charge >= 0.3 is 0 Å². The molecule has 2 aromatic carbocycles. The highest BCUT2D eigenvalue weighted by molar-refractivity contribution is 8.09. The number of nitro benzene ring substituents is 1. The topological polar surface area (TPSA) is 116 Å². The van der Waals surface area contributed by atoms with Crippen molar-refractivity contribution in [1.82, 2.24) is 10.2 Å². The molecule has 4 rings (SSSR count). The van der Waals surface area contributed by atoms with Crippen LogP contribution >= 0.6 is 11.8 Å². The lowest BCUT2D eigenvalue weighted by Crippen LogP contribution is -1.91. The maximum Gasteiger partial charge on any atom is 0.282 e. The molecule has 0 unspecified atom stereocenters. The second-order valence-corrected chi connectivity index (χ2v) is 8.03. The van der Waals surface area contributed by atoms with Crippen LogP contribution in [-0.2, 0) is 9.84 Å². The Morgan fingerprint density at radius 3 is 2.46 bits per heavy atom. The summed E-state index contributed by atoms with van der Waals surface area (Å²) in [5.74, 6) is -0.00506. The minimum absolute atomic E-state index is 0.00506. The van der Waals surface area contributed by atoms with Crippen LogP contribution in [0.2, 0.25) is 0 Å². The van der Waals surface area contributed by atoms with Crippen molar-refractivity contribution in [3.8, 4) is 11.5 Å². The highest BCUT2D eigenvalue weighted by atomic mass is 32.2. The monoisotopic (exact) mass is 387 g/mol. The number of fused-ring (bicyclic) bond motifs is 1. The van der Waals surface area contributed by atoms with Gasteiger partial charge in [-0.25, -0.2) is 8.42 Å². The predicted octanol–water partition coefficient (Wildman–Crippen LogP) is 3.52. The Hall–Kier alpha value is -2.98. The molecule has 0 amide bonds. The van der Waals surface area contributed by atoms with Gasteiger partial charge in [0.2, 0.25) is 9.84 Å². The van der Waals surface area contributed by atoms with Gasteiger partial charge in [0.15, 0.2) is 0 Å². The Labute approximate surface area is 151 Å². The van der Waals surface area contributed by atoms with E-state index in [1.807, 2.05) is 0 Å². The van der Waals surface area contributed by atoms with Crippen molar-refractivity contribution < 1.29 is 17.8 Å². The molecule has 0 bridgehead atoms. The van der Waals surface area contributed by atoms with Crippen LogP contribution < -0.4 is 0 Å². The summed E-state index contributed by atoms with van der Waals surface area (Å²) in [5.41, 5.74) is 0.605. The molecular weight excluding hydrogens is 378 g/mol. The van der Waals surface area contributed by atoms with Crippen molar-refractivity contribution in [2.24, 2.45) is 0 Å². The van der Waals surface area contributed by atoms with Crippen molar-refractivity contribution in [1.29, 1.82) is 0 Å².